The van der Waals surface area contributed by atoms with Crippen molar-refractivity contribution in [3.8, 4) is 0 Å². The molecule has 2 rings (SSSR count). The van der Waals surface area contributed by atoms with Crippen LogP contribution in [-0.2, 0) is 0 Å². The van der Waals surface area contributed by atoms with Crippen molar-refractivity contribution in [1.29, 1.82) is 0 Å². The molecule has 1 N–H and O–H groups in total. The Hall–Kier alpha value is -1.12. The summed E-state index contributed by atoms with van der Waals surface area (Å²) in [7, 11) is 0. The molecule has 0 bridgehead atoms. The van der Waals surface area contributed by atoms with Gasteiger partial charge >= 0.3 is 0 Å². The number of nitrogens with one attached hydrogen (secondary N) is 1. The average Bonchev–Trinajstić information content (AvgIpc) is 2.90. The molecule has 1 aromatic heterocycles. The van der Waals surface area contributed by atoms with E-state index < -0.39 is 0 Å². The molecule has 2 unspecified atom stereocenters. The molecule has 0 spiro atoms. The molecular formula is C15H19NS. The van der Waals surface area contributed by atoms with E-state index in [0.717, 1.165) is 6.42 Å². The maximum Gasteiger partial charge on any atom is 0.0323 e. The van der Waals surface area contributed by atoms with Gasteiger partial charge in [-0.1, -0.05) is 37.3 Å². The zero-order valence-corrected chi connectivity index (χ0v) is 11.2. The summed E-state index contributed by atoms with van der Waals surface area (Å²) in [5.41, 5.74) is 2.75. The smallest absolute Gasteiger partial charge is 0.0323 e. The molecule has 0 fully saturated rings. The number of hydrogen-bond donors (Lipinski definition) is 1. The first-order valence-electron chi connectivity index (χ1n) is 6.14. The van der Waals surface area contributed by atoms with Crippen LogP contribution < -0.4 is 5.32 Å². The summed E-state index contributed by atoms with van der Waals surface area (Å²) >= 11 is 1.76. The highest BCUT2D eigenvalue weighted by molar-refractivity contribution is 7.07. The summed E-state index contributed by atoms with van der Waals surface area (Å²) in [6, 6.07) is 13.7. The third-order valence-corrected chi connectivity index (χ3v) is 3.81. The van der Waals surface area contributed by atoms with E-state index in [-0.39, 0.29) is 0 Å². The maximum absolute atomic E-state index is 3.69. The van der Waals surface area contributed by atoms with Crippen LogP contribution in [0.5, 0.6) is 0 Å². The fourth-order valence-corrected chi connectivity index (χ4v) is 2.81. The van der Waals surface area contributed by atoms with Crippen molar-refractivity contribution >= 4 is 11.3 Å². The van der Waals surface area contributed by atoms with E-state index in [1.165, 1.54) is 11.1 Å². The van der Waals surface area contributed by atoms with Crippen LogP contribution in [0.25, 0.3) is 0 Å². The Morgan fingerprint density at radius 1 is 1.12 bits per heavy atom. The standard InChI is InChI=1S/C15H19NS/c1-3-15(13-7-5-4-6-8-13)16-12(2)14-9-10-17-11-14/h4-12,15-16H,3H2,1-2H3. The molecule has 0 saturated heterocycles. The lowest BCUT2D eigenvalue weighted by atomic mass is 10.0. The van der Waals surface area contributed by atoms with Gasteiger partial charge < -0.3 is 5.32 Å². The summed E-state index contributed by atoms with van der Waals surface area (Å²) in [6.07, 6.45) is 1.11. The minimum absolute atomic E-state index is 0.409. The van der Waals surface area contributed by atoms with Gasteiger partial charge in [0.25, 0.3) is 0 Å². The first-order valence-corrected chi connectivity index (χ1v) is 7.08. The van der Waals surface area contributed by atoms with Gasteiger partial charge in [-0.2, -0.15) is 11.3 Å². The van der Waals surface area contributed by atoms with E-state index >= 15 is 0 Å². The van der Waals surface area contributed by atoms with Gasteiger partial charge in [0.1, 0.15) is 0 Å². The Kier molecular flexibility index (Phi) is 4.35. The first kappa shape index (κ1) is 12.3. The SMILES string of the molecule is CCC(NC(C)c1ccsc1)c1ccccc1. The largest absolute Gasteiger partial charge is 0.303 e. The van der Waals surface area contributed by atoms with Gasteiger partial charge in [-0.05, 0) is 41.3 Å². The van der Waals surface area contributed by atoms with E-state index in [1.54, 1.807) is 11.3 Å². The minimum Gasteiger partial charge on any atom is -0.303 e. The third-order valence-electron chi connectivity index (χ3n) is 3.10. The molecule has 1 heterocycles. The van der Waals surface area contributed by atoms with Crippen LogP contribution in [0.1, 0.15) is 43.5 Å². The lowest BCUT2D eigenvalue weighted by Crippen LogP contribution is -2.23. The quantitative estimate of drug-likeness (QED) is 0.815. The molecule has 0 saturated carbocycles. The summed E-state index contributed by atoms with van der Waals surface area (Å²) in [4.78, 5) is 0. The van der Waals surface area contributed by atoms with Gasteiger partial charge in [0.15, 0.2) is 0 Å². The molecule has 90 valence electrons. The summed E-state index contributed by atoms with van der Waals surface area (Å²) < 4.78 is 0. The number of hydrogen-bond acceptors (Lipinski definition) is 2. The summed E-state index contributed by atoms with van der Waals surface area (Å²) in [5.74, 6) is 0. The fraction of sp³-hybridized carbons (Fsp3) is 0.333. The van der Waals surface area contributed by atoms with Crippen molar-refractivity contribution in [3.05, 3.63) is 58.3 Å². The topological polar surface area (TPSA) is 12.0 Å². The van der Waals surface area contributed by atoms with Gasteiger partial charge in [-0.3, -0.25) is 0 Å². The van der Waals surface area contributed by atoms with E-state index in [2.05, 4.69) is 66.3 Å². The number of benzene rings is 1. The van der Waals surface area contributed by atoms with Crippen LogP contribution in [0.15, 0.2) is 47.2 Å². The monoisotopic (exact) mass is 245 g/mol. The highest BCUT2D eigenvalue weighted by atomic mass is 32.1. The molecule has 0 aliphatic carbocycles. The van der Waals surface area contributed by atoms with Crippen molar-refractivity contribution in [1.82, 2.24) is 5.32 Å². The van der Waals surface area contributed by atoms with Gasteiger partial charge in [-0.25, -0.2) is 0 Å². The van der Waals surface area contributed by atoms with Crippen molar-refractivity contribution in [2.45, 2.75) is 32.4 Å². The third kappa shape index (κ3) is 3.18. The van der Waals surface area contributed by atoms with Crippen molar-refractivity contribution in [2.24, 2.45) is 0 Å². The molecule has 1 nitrogen and oxygen atoms in total. The van der Waals surface area contributed by atoms with Crippen LogP contribution in [-0.4, -0.2) is 0 Å². The zero-order valence-electron chi connectivity index (χ0n) is 10.4. The van der Waals surface area contributed by atoms with Gasteiger partial charge in [-0.15, -0.1) is 0 Å². The Morgan fingerprint density at radius 3 is 2.47 bits per heavy atom. The molecule has 0 aliphatic rings. The molecule has 2 atom stereocenters. The summed E-state index contributed by atoms with van der Waals surface area (Å²) in [6.45, 7) is 4.46. The predicted octanol–water partition coefficient (Wildman–Crippen LogP) is 4.55. The average molecular weight is 245 g/mol. The van der Waals surface area contributed by atoms with Crippen LogP contribution in [0, 0.1) is 0 Å². The lowest BCUT2D eigenvalue weighted by Gasteiger charge is -2.22. The van der Waals surface area contributed by atoms with Gasteiger partial charge in [0.05, 0.1) is 0 Å². The second-order valence-electron chi connectivity index (χ2n) is 4.32. The van der Waals surface area contributed by atoms with Crippen molar-refractivity contribution in [3.63, 3.8) is 0 Å². The normalized spacial score (nSPS) is 14.5. The molecular weight excluding hydrogens is 226 g/mol. The van der Waals surface area contributed by atoms with Crippen molar-refractivity contribution in [2.75, 3.05) is 0 Å². The fourth-order valence-electron chi connectivity index (χ4n) is 2.05. The molecule has 2 heteroatoms. The second-order valence-corrected chi connectivity index (χ2v) is 5.10. The van der Waals surface area contributed by atoms with Crippen molar-refractivity contribution < 1.29 is 0 Å². The predicted molar refractivity (Wildman–Crippen MR) is 75.3 cm³/mol. The zero-order chi connectivity index (χ0) is 12.1. The Morgan fingerprint density at radius 2 is 1.88 bits per heavy atom. The highest BCUT2D eigenvalue weighted by Gasteiger charge is 2.13. The molecule has 0 amide bonds. The second kappa shape index (κ2) is 5.99. The van der Waals surface area contributed by atoms with Gasteiger partial charge in [0, 0.05) is 12.1 Å². The van der Waals surface area contributed by atoms with Crippen LogP contribution in [0.4, 0.5) is 0 Å². The summed E-state index contributed by atoms with van der Waals surface area (Å²) in [5, 5.41) is 8.05. The molecule has 0 radical (unpaired) electrons. The van der Waals surface area contributed by atoms with Crippen LogP contribution in [0.2, 0.25) is 0 Å². The minimum atomic E-state index is 0.409. The van der Waals surface area contributed by atoms with E-state index in [1.807, 2.05) is 0 Å². The Bertz CT molecular complexity index is 421. The first-order chi connectivity index (χ1) is 8.31. The van der Waals surface area contributed by atoms with E-state index in [4.69, 9.17) is 0 Å². The molecule has 17 heavy (non-hydrogen) atoms. The Balaban J connectivity index is 2.06. The van der Waals surface area contributed by atoms with Crippen LogP contribution in [0.3, 0.4) is 0 Å². The lowest BCUT2D eigenvalue weighted by molar-refractivity contribution is 0.457. The van der Waals surface area contributed by atoms with E-state index in [9.17, 15) is 0 Å². The van der Waals surface area contributed by atoms with E-state index in [0.29, 0.717) is 12.1 Å². The molecule has 0 aliphatic heterocycles. The molecule has 1 aromatic carbocycles. The van der Waals surface area contributed by atoms with Gasteiger partial charge in [0.2, 0.25) is 0 Å². The van der Waals surface area contributed by atoms with Crippen LogP contribution >= 0.6 is 11.3 Å². The molecule has 2 aromatic rings. The number of rotatable bonds is 5. The maximum atomic E-state index is 3.69. The highest BCUT2D eigenvalue weighted by Crippen LogP contribution is 2.23. The Labute approximate surface area is 108 Å². The number of thiophene rings is 1.